The van der Waals surface area contributed by atoms with Crippen LogP contribution in [0.15, 0.2) is 18.2 Å². The van der Waals surface area contributed by atoms with Crippen LogP contribution < -0.4 is 10.6 Å². The minimum atomic E-state index is -0.533. The highest BCUT2D eigenvalue weighted by atomic mass is 16.3. The molecule has 3 rings (SSSR count). The molecule has 1 aliphatic carbocycles. The summed E-state index contributed by atoms with van der Waals surface area (Å²) in [6.07, 6.45) is 1.92. The molecule has 5 nitrogen and oxygen atoms in total. The maximum absolute atomic E-state index is 11.9. The second kappa shape index (κ2) is 4.35. The first-order valence-corrected chi connectivity index (χ1v) is 6.44. The van der Waals surface area contributed by atoms with Crippen LogP contribution in [0, 0.1) is 5.41 Å². The Labute approximate surface area is 111 Å². The van der Waals surface area contributed by atoms with E-state index in [1.807, 2.05) is 18.2 Å². The summed E-state index contributed by atoms with van der Waals surface area (Å²) >= 11 is 0. The van der Waals surface area contributed by atoms with Crippen molar-refractivity contribution in [2.75, 3.05) is 11.9 Å². The number of benzene rings is 1. The number of aliphatic hydroxyl groups is 1. The van der Waals surface area contributed by atoms with Crippen LogP contribution in [0.25, 0.3) is 0 Å². The van der Waals surface area contributed by atoms with E-state index in [9.17, 15) is 14.7 Å². The fourth-order valence-electron chi connectivity index (χ4n) is 2.37. The Morgan fingerprint density at radius 3 is 2.89 bits per heavy atom. The largest absolute Gasteiger partial charge is 0.395 e. The van der Waals surface area contributed by atoms with Crippen LogP contribution in [-0.2, 0) is 22.6 Å². The molecule has 3 N–H and O–H groups in total. The molecule has 0 aromatic heterocycles. The highest BCUT2D eigenvalue weighted by Crippen LogP contribution is 2.45. The topological polar surface area (TPSA) is 78.4 Å². The first kappa shape index (κ1) is 12.2. The minimum absolute atomic E-state index is 0.00778. The van der Waals surface area contributed by atoms with Gasteiger partial charge in [-0.2, -0.15) is 0 Å². The Hall–Kier alpha value is -1.88. The molecule has 0 radical (unpaired) electrons. The van der Waals surface area contributed by atoms with E-state index in [2.05, 4.69) is 10.6 Å². The van der Waals surface area contributed by atoms with Crippen molar-refractivity contribution in [3.63, 3.8) is 0 Å². The number of fused-ring (bicyclic) bond motifs is 1. The molecule has 0 unspecified atom stereocenters. The summed E-state index contributed by atoms with van der Waals surface area (Å²) in [5, 5.41) is 14.8. The van der Waals surface area contributed by atoms with Crippen molar-refractivity contribution in [2.24, 2.45) is 5.41 Å². The molecule has 2 aliphatic rings. The van der Waals surface area contributed by atoms with Gasteiger partial charge in [-0.05, 0) is 30.0 Å². The van der Waals surface area contributed by atoms with Gasteiger partial charge in [-0.1, -0.05) is 12.1 Å². The summed E-state index contributed by atoms with van der Waals surface area (Å²) in [5.41, 5.74) is 2.26. The number of amides is 2. The van der Waals surface area contributed by atoms with E-state index in [1.165, 1.54) is 0 Å². The van der Waals surface area contributed by atoms with E-state index >= 15 is 0 Å². The molecule has 1 fully saturated rings. The van der Waals surface area contributed by atoms with Crippen LogP contribution >= 0.6 is 0 Å². The Bertz CT molecular complexity index is 550. The molecule has 19 heavy (non-hydrogen) atoms. The summed E-state index contributed by atoms with van der Waals surface area (Å²) < 4.78 is 0. The Morgan fingerprint density at radius 2 is 2.21 bits per heavy atom. The highest BCUT2D eigenvalue weighted by Gasteiger charge is 2.49. The molecule has 1 saturated carbocycles. The van der Waals surface area contributed by atoms with Crippen LogP contribution in [0.3, 0.4) is 0 Å². The van der Waals surface area contributed by atoms with Gasteiger partial charge >= 0.3 is 0 Å². The lowest BCUT2D eigenvalue weighted by Crippen LogP contribution is -2.33. The van der Waals surface area contributed by atoms with Gasteiger partial charge < -0.3 is 15.7 Å². The van der Waals surface area contributed by atoms with Crippen molar-refractivity contribution in [1.29, 1.82) is 0 Å². The summed E-state index contributed by atoms with van der Waals surface area (Å²) in [4.78, 5) is 23.1. The first-order chi connectivity index (χ1) is 9.13. The van der Waals surface area contributed by atoms with Gasteiger partial charge in [0.15, 0.2) is 0 Å². The molecule has 1 aromatic carbocycles. The predicted octanol–water partition coefficient (Wildman–Crippen LogP) is 0.570. The maximum Gasteiger partial charge on any atom is 0.228 e. The summed E-state index contributed by atoms with van der Waals surface area (Å²) in [6.45, 7) is 0.351. The zero-order valence-corrected chi connectivity index (χ0v) is 10.5. The molecule has 1 aromatic rings. The van der Waals surface area contributed by atoms with Crippen molar-refractivity contribution < 1.29 is 14.7 Å². The smallest absolute Gasteiger partial charge is 0.228 e. The van der Waals surface area contributed by atoms with Crippen LogP contribution in [0.5, 0.6) is 0 Å². The molecule has 100 valence electrons. The highest BCUT2D eigenvalue weighted by molar-refractivity contribution is 5.99. The molecule has 0 atom stereocenters. The fourth-order valence-corrected chi connectivity index (χ4v) is 2.37. The van der Waals surface area contributed by atoms with Crippen molar-refractivity contribution >= 4 is 17.5 Å². The van der Waals surface area contributed by atoms with Crippen molar-refractivity contribution in [3.05, 3.63) is 29.3 Å². The lowest BCUT2D eigenvalue weighted by molar-refractivity contribution is -0.127. The zero-order chi connectivity index (χ0) is 13.5. The van der Waals surface area contributed by atoms with Gasteiger partial charge in [-0.25, -0.2) is 0 Å². The molecule has 5 heteroatoms. The average molecular weight is 260 g/mol. The lowest BCUT2D eigenvalue weighted by atomic mass is 10.1. The number of nitrogens with one attached hydrogen (secondary N) is 2. The SMILES string of the molecule is O=C1Cc2cc(CNC(=O)C3(CO)CC3)ccc2N1. The molecule has 2 amide bonds. The van der Waals surface area contributed by atoms with E-state index in [-0.39, 0.29) is 18.4 Å². The fraction of sp³-hybridized carbons (Fsp3) is 0.429. The molecule has 0 saturated heterocycles. The van der Waals surface area contributed by atoms with Gasteiger partial charge in [0, 0.05) is 12.2 Å². The second-order valence-electron chi connectivity index (χ2n) is 5.34. The Kier molecular flexibility index (Phi) is 2.78. The molecule has 0 bridgehead atoms. The predicted molar refractivity (Wildman–Crippen MR) is 69.4 cm³/mol. The molecular weight excluding hydrogens is 244 g/mol. The number of hydrogen-bond donors (Lipinski definition) is 3. The number of carbonyl (C=O) groups excluding carboxylic acids is 2. The van der Waals surface area contributed by atoms with Gasteiger partial charge in [-0.15, -0.1) is 0 Å². The third kappa shape index (κ3) is 2.21. The molecule has 0 spiro atoms. The van der Waals surface area contributed by atoms with Gasteiger partial charge in [0.2, 0.25) is 11.8 Å². The maximum atomic E-state index is 11.9. The van der Waals surface area contributed by atoms with Crippen LogP contribution in [0.1, 0.15) is 24.0 Å². The molecule has 1 aliphatic heterocycles. The van der Waals surface area contributed by atoms with Gasteiger partial charge in [0.1, 0.15) is 0 Å². The van der Waals surface area contributed by atoms with Gasteiger partial charge in [0.25, 0.3) is 0 Å². The summed E-state index contributed by atoms with van der Waals surface area (Å²) in [7, 11) is 0. The standard InChI is InChI=1S/C14H16N2O3/c17-8-14(3-4-14)13(19)15-7-9-1-2-11-10(5-9)6-12(18)16-11/h1-2,5,17H,3-4,6-8H2,(H,15,19)(H,16,18). The normalized spacial score (nSPS) is 18.7. The second-order valence-corrected chi connectivity index (χ2v) is 5.34. The van der Waals surface area contributed by atoms with E-state index < -0.39 is 5.41 Å². The minimum Gasteiger partial charge on any atom is -0.395 e. The van der Waals surface area contributed by atoms with E-state index in [1.54, 1.807) is 0 Å². The summed E-state index contributed by atoms with van der Waals surface area (Å²) in [5.74, 6) is -0.0712. The molecular formula is C14H16N2O3. The monoisotopic (exact) mass is 260 g/mol. The number of aliphatic hydroxyl groups excluding tert-OH is 1. The van der Waals surface area contributed by atoms with Crippen LogP contribution in [0.4, 0.5) is 5.69 Å². The number of hydrogen-bond acceptors (Lipinski definition) is 3. The first-order valence-electron chi connectivity index (χ1n) is 6.44. The van der Waals surface area contributed by atoms with Gasteiger partial charge in [-0.3, -0.25) is 9.59 Å². The Balaban J connectivity index is 1.64. The number of carbonyl (C=O) groups is 2. The van der Waals surface area contributed by atoms with Crippen molar-refractivity contribution in [3.8, 4) is 0 Å². The lowest BCUT2D eigenvalue weighted by Gasteiger charge is -2.12. The van der Waals surface area contributed by atoms with Crippen LogP contribution in [0.2, 0.25) is 0 Å². The molecule has 1 heterocycles. The van der Waals surface area contributed by atoms with E-state index in [0.29, 0.717) is 13.0 Å². The quantitative estimate of drug-likeness (QED) is 0.740. The van der Waals surface area contributed by atoms with Crippen molar-refractivity contribution in [2.45, 2.75) is 25.8 Å². The average Bonchev–Trinajstić information content (AvgIpc) is 3.12. The number of anilines is 1. The third-order valence-corrected chi connectivity index (χ3v) is 3.89. The zero-order valence-electron chi connectivity index (χ0n) is 10.5. The van der Waals surface area contributed by atoms with E-state index in [4.69, 9.17) is 0 Å². The van der Waals surface area contributed by atoms with Crippen molar-refractivity contribution in [1.82, 2.24) is 5.32 Å². The van der Waals surface area contributed by atoms with E-state index in [0.717, 1.165) is 29.7 Å². The van der Waals surface area contributed by atoms with Gasteiger partial charge in [0.05, 0.1) is 18.4 Å². The Morgan fingerprint density at radius 1 is 1.42 bits per heavy atom. The summed E-state index contributed by atoms with van der Waals surface area (Å²) in [6, 6.07) is 5.69. The number of rotatable bonds is 4. The van der Waals surface area contributed by atoms with Crippen LogP contribution in [-0.4, -0.2) is 23.5 Å². The third-order valence-electron chi connectivity index (χ3n) is 3.89.